The summed E-state index contributed by atoms with van der Waals surface area (Å²) in [5.74, 6) is -0.497. The molecule has 162 valence electrons. The van der Waals surface area contributed by atoms with E-state index >= 15 is 0 Å². The molecular formula is C26H24FN3O2. The predicted molar refractivity (Wildman–Crippen MR) is 126 cm³/mol. The van der Waals surface area contributed by atoms with Crippen molar-refractivity contribution in [1.29, 1.82) is 0 Å². The molecule has 0 saturated heterocycles. The molecule has 0 spiro atoms. The van der Waals surface area contributed by atoms with Crippen molar-refractivity contribution in [1.82, 2.24) is 4.98 Å². The topological polar surface area (TPSA) is 74.0 Å². The fraction of sp³-hybridized carbons (Fsp3) is 0.154. The van der Waals surface area contributed by atoms with Gasteiger partial charge in [0.1, 0.15) is 5.82 Å². The molecule has 0 aliphatic heterocycles. The minimum atomic E-state index is -0.289. The molecule has 32 heavy (non-hydrogen) atoms. The number of aromatic nitrogens is 1. The number of amides is 2. The van der Waals surface area contributed by atoms with Crippen LogP contribution in [0, 0.1) is 5.82 Å². The van der Waals surface area contributed by atoms with E-state index in [2.05, 4.69) is 15.6 Å². The first-order valence-electron chi connectivity index (χ1n) is 10.6. The molecule has 0 fully saturated rings. The number of benzene rings is 3. The van der Waals surface area contributed by atoms with Gasteiger partial charge in [-0.1, -0.05) is 31.2 Å². The van der Waals surface area contributed by atoms with Crippen LogP contribution in [0.2, 0.25) is 0 Å². The second-order valence-electron chi connectivity index (χ2n) is 7.56. The van der Waals surface area contributed by atoms with E-state index in [1.807, 2.05) is 24.3 Å². The Kier molecular flexibility index (Phi) is 6.31. The van der Waals surface area contributed by atoms with Crippen LogP contribution in [-0.2, 0) is 16.0 Å². The Hall–Kier alpha value is -3.93. The monoisotopic (exact) mass is 429 g/mol. The van der Waals surface area contributed by atoms with Gasteiger partial charge in [0.15, 0.2) is 0 Å². The van der Waals surface area contributed by atoms with Gasteiger partial charge in [0.2, 0.25) is 11.8 Å². The van der Waals surface area contributed by atoms with Crippen LogP contribution in [0.5, 0.6) is 0 Å². The lowest BCUT2D eigenvalue weighted by Crippen LogP contribution is -2.13. The molecule has 5 nitrogen and oxygen atoms in total. The largest absolute Gasteiger partial charge is 0.354 e. The van der Waals surface area contributed by atoms with Crippen LogP contribution in [0.3, 0.4) is 0 Å². The zero-order valence-corrected chi connectivity index (χ0v) is 17.7. The first kappa shape index (κ1) is 21.3. The van der Waals surface area contributed by atoms with E-state index in [1.165, 1.54) is 12.1 Å². The molecule has 0 radical (unpaired) electrons. The maximum Gasteiger partial charge on any atom is 0.224 e. The molecule has 0 unspecified atom stereocenters. The van der Waals surface area contributed by atoms with Crippen LogP contribution in [0.1, 0.15) is 25.3 Å². The summed E-state index contributed by atoms with van der Waals surface area (Å²) in [6.45, 7) is 1.78. The predicted octanol–water partition coefficient (Wildman–Crippen LogP) is 5.89. The van der Waals surface area contributed by atoms with Crippen molar-refractivity contribution < 1.29 is 14.0 Å². The number of nitrogens with one attached hydrogen (secondary N) is 3. The van der Waals surface area contributed by atoms with Gasteiger partial charge in [0, 0.05) is 40.8 Å². The number of aryl methyl sites for hydroxylation is 1. The zero-order chi connectivity index (χ0) is 22.5. The van der Waals surface area contributed by atoms with E-state index < -0.39 is 0 Å². The summed E-state index contributed by atoms with van der Waals surface area (Å²) >= 11 is 0. The molecule has 0 aliphatic rings. The lowest BCUT2D eigenvalue weighted by atomic mass is 10.0. The number of halogens is 1. The van der Waals surface area contributed by atoms with Crippen LogP contribution < -0.4 is 10.6 Å². The highest BCUT2D eigenvalue weighted by atomic mass is 19.1. The standard InChI is InChI=1S/C26H24FN3O2/c1-2-24(31)28-19-6-5-7-20(16-19)29-25(32)15-14-22-21-8-3-4-9-23(21)30-26(22)17-10-12-18(27)13-11-17/h3-13,16,30H,2,14-15H2,1H3,(H,28,31)(H,29,32). The molecule has 3 aromatic carbocycles. The Balaban J connectivity index is 1.51. The van der Waals surface area contributed by atoms with Crippen molar-refractivity contribution in [2.75, 3.05) is 10.6 Å². The number of hydrogen-bond acceptors (Lipinski definition) is 2. The number of anilines is 2. The third-order valence-corrected chi connectivity index (χ3v) is 5.30. The van der Waals surface area contributed by atoms with Crippen LogP contribution >= 0.6 is 0 Å². The van der Waals surface area contributed by atoms with E-state index in [9.17, 15) is 14.0 Å². The maximum absolute atomic E-state index is 13.4. The molecule has 1 aromatic heterocycles. The van der Waals surface area contributed by atoms with Gasteiger partial charge in [0.25, 0.3) is 0 Å². The summed E-state index contributed by atoms with van der Waals surface area (Å²) in [6.07, 6.45) is 1.19. The van der Waals surface area contributed by atoms with Gasteiger partial charge in [-0.2, -0.15) is 0 Å². The lowest BCUT2D eigenvalue weighted by molar-refractivity contribution is -0.116. The van der Waals surface area contributed by atoms with Crippen molar-refractivity contribution >= 4 is 34.1 Å². The molecule has 0 atom stereocenters. The number of fused-ring (bicyclic) bond motifs is 1. The molecule has 2 amide bonds. The second kappa shape index (κ2) is 9.47. The summed E-state index contributed by atoms with van der Waals surface area (Å²) in [6, 6.07) is 21.3. The quantitative estimate of drug-likeness (QED) is 0.342. The molecule has 0 saturated carbocycles. The highest BCUT2D eigenvalue weighted by Crippen LogP contribution is 2.31. The number of H-pyrrole nitrogens is 1. The van der Waals surface area contributed by atoms with Gasteiger partial charge in [-0.15, -0.1) is 0 Å². The van der Waals surface area contributed by atoms with Crippen molar-refractivity contribution in [3.05, 3.63) is 84.2 Å². The van der Waals surface area contributed by atoms with Gasteiger partial charge < -0.3 is 15.6 Å². The molecule has 4 rings (SSSR count). The lowest BCUT2D eigenvalue weighted by Gasteiger charge is -2.09. The first-order valence-corrected chi connectivity index (χ1v) is 10.6. The van der Waals surface area contributed by atoms with Crippen molar-refractivity contribution in [3.63, 3.8) is 0 Å². The van der Waals surface area contributed by atoms with Crippen LogP contribution in [-0.4, -0.2) is 16.8 Å². The highest BCUT2D eigenvalue weighted by Gasteiger charge is 2.15. The fourth-order valence-corrected chi connectivity index (χ4v) is 3.71. The third-order valence-electron chi connectivity index (χ3n) is 5.30. The molecule has 3 N–H and O–H groups in total. The SMILES string of the molecule is CCC(=O)Nc1cccc(NC(=O)CCc2c(-c3ccc(F)cc3)[nH]c3ccccc23)c1. The smallest absolute Gasteiger partial charge is 0.224 e. The summed E-state index contributed by atoms with van der Waals surface area (Å²) in [4.78, 5) is 27.7. The second-order valence-corrected chi connectivity index (χ2v) is 7.56. The average Bonchev–Trinajstić information content (AvgIpc) is 3.17. The van der Waals surface area contributed by atoms with Crippen molar-refractivity contribution in [2.24, 2.45) is 0 Å². The Morgan fingerprint density at radius 2 is 1.56 bits per heavy atom. The number of aromatic amines is 1. The van der Waals surface area contributed by atoms with E-state index in [-0.39, 0.29) is 24.1 Å². The first-order chi connectivity index (χ1) is 15.5. The van der Waals surface area contributed by atoms with E-state index in [1.54, 1.807) is 43.3 Å². The van der Waals surface area contributed by atoms with Crippen molar-refractivity contribution in [3.8, 4) is 11.3 Å². The molecule has 0 aliphatic carbocycles. The molecule has 1 heterocycles. The number of para-hydroxylation sites is 1. The average molecular weight is 429 g/mol. The van der Waals surface area contributed by atoms with Gasteiger partial charge in [-0.05, 0) is 66.1 Å². The number of carbonyl (C=O) groups is 2. The fourth-order valence-electron chi connectivity index (χ4n) is 3.71. The highest BCUT2D eigenvalue weighted by molar-refractivity contribution is 5.95. The summed E-state index contributed by atoms with van der Waals surface area (Å²) in [5, 5.41) is 6.73. The minimum Gasteiger partial charge on any atom is -0.354 e. The molecule has 4 aromatic rings. The Morgan fingerprint density at radius 3 is 2.28 bits per heavy atom. The Bertz CT molecular complexity index is 1260. The maximum atomic E-state index is 13.4. The summed E-state index contributed by atoms with van der Waals surface area (Å²) in [7, 11) is 0. The van der Waals surface area contributed by atoms with Gasteiger partial charge >= 0.3 is 0 Å². The third kappa shape index (κ3) is 4.86. The number of rotatable bonds is 7. The normalized spacial score (nSPS) is 10.8. The van der Waals surface area contributed by atoms with Gasteiger partial charge in [-0.25, -0.2) is 4.39 Å². The number of hydrogen-bond donors (Lipinski definition) is 3. The van der Waals surface area contributed by atoms with Crippen LogP contribution in [0.4, 0.5) is 15.8 Å². The van der Waals surface area contributed by atoms with E-state index in [4.69, 9.17) is 0 Å². The molecule has 0 bridgehead atoms. The summed E-state index contributed by atoms with van der Waals surface area (Å²) < 4.78 is 13.4. The van der Waals surface area contributed by atoms with E-state index in [0.717, 1.165) is 27.7 Å². The van der Waals surface area contributed by atoms with Crippen molar-refractivity contribution in [2.45, 2.75) is 26.2 Å². The van der Waals surface area contributed by atoms with Gasteiger partial charge in [0.05, 0.1) is 0 Å². The molecule has 6 heteroatoms. The van der Waals surface area contributed by atoms with Crippen LogP contribution in [0.15, 0.2) is 72.8 Å². The number of carbonyl (C=O) groups excluding carboxylic acids is 2. The summed E-state index contributed by atoms with van der Waals surface area (Å²) in [5.41, 5.74) is 5.03. The molecular weight excluding hydrogens is 405 g/mol. The zero-order valence-electron chi connectivity index (χ0n) is 17.7. The Morgan fingerprint density at radius 1 is 0.875 bits per heavy atom. The Labute approximate surface area is 185 Å². The minimum absolute atomic E-state index is 0.0823. The van der Waals surface area contributed by atoms with Crippen LogP contribution in [0.25, 0.3) is 22.2 Å². The van der Waals surface area contributed by atoms with E-state index in [0.29, 0.717) is 24.2 Å². The van der Waals surface area contributed by atoms with Gasteiger partial charge in [-0.3, -0.25) is 9.59 Å².